The van der Waals surface area contributed by atoms with Crippen molar-refractivity contribution in [3.8, 4) is 23.7 Å². The predicted molar refractivity (Wildman–Crippen MR) is 146 cm³/mol. The lowest BCUT2D eigenvalue weighted by Crippen LogP contribution is -2.11. The quantitative estimate of drug-likeness (QED) is 0.137. The van der Waals surface area contributed by atoms with E-state index in [4.69, 9.17) is 0 Å². The molecule has 0 unspecified atom stereocenters. The largest absolute Gasteiger partial charge is 0.393 e. The molecule has 0 aliphatic heterocycles. The van der Waals surface area contributed by atoms with Gasteiger partial charge in [0, 0.05) is 22.1 Å². The Balaban J connectivity index is 1.45. The zero-order valence-corrected chi connectivity index (χ0v) is 21.3. The third kappa shape index (κ3) is 7.74. The SMILES string of the molecule is CCCCCCc1ccc(C#Cc2ccc3c(F)c(C#Cc4ccc(CC(F)(F)F)cc4)ccc3c2)cc1. The summed E-state index contributed by atoms with van der Waals surface area (Å²) in [7, 11) is 0. The minimum absolute atomic E-state index is 0.161. The molecule has 0 saturated heterocycles. The Kier molecular flexibility index (Phi) is 8.88. The van der Waals surface area contributed by atoms with E-state index in [1.165, 1.54) is 55.5 Å². The first-order valence-corrected chi connectivity index (χ1v) is 12.8. The summed E-state index contributed by atoms with van der Waals surface area (Å²) < 4.78 is 52.7. The Bertz CT molecular complexity index is 1500. The van der Waals surface area contributed by atoms with Crippen molar-refractivity contribution < 1.29 is 17.6 Å². The summed E-state index contributed by atoms with van der Waals surface area (Å²) in [5.41, 5.74) is 3.96. The van der Waals surface area contributed by atoms with Crippen LogP contribution in [0.15, 0.2) is 78.9 Å². The van der Waals surface area contributed by atoms with Crippen molar-refractivity contribution in [2.24, 2.45) is 0 Å². The first kappa shape index (κ1) is 27.0. The summed E-state index contributed by atoms with van der Waals surface area (Å²) in [5.74, 6) is 11.5. The van der Waals surface area contributed by atoms with Crippen LogP contribution in [0.2, 0.25) is 0 Å². The topological polar surface area (TPSA) is 0 Å². The average Bonchev–Trinajstić information content (AvgIpc) is 2.90. The standard InChI is InChI=1S/C34H28F4/c1-2-3-4-5-6-25-7-9-26(10-8-25)11-14-28-18-22-32-31(23-28)21-20-30(33(32)35)19-17-27-12-15-29(16-13-27)24-34(36,37)38/h7-10,12-13,15-16,18,20-23H,2-6,24H2,1H3. The molecular formula is C34H28F4. The van der Waals surface area contributed by atoms with Crippen LogP contribution in [0.25, 0.3) is 10.8 Å². The van der Waals surface area contributed by atoms with Crippen LogP contribution in [0.3, 0.4) is 0 Å². The molecule has 0 aliphatic carbocycles. The van der Waals surface area contributed by atoms with Gasteiger partial charge in [-0.1, -0.05) is 86.3 Å². The number of aryl methyl sites for hydroxylation is 1. The van der Waals surface area contributed by atoms with Gasteiger partial charge in [0.05, 0.1) is 12.0 Å². The molecule has 0 atom stereocenters. The zero-order valence-electron chi connectivity index (χ0n) is 21.3. The van der Waals surface area contributed by atoms with Crippen LogP contribution in [-0.2, 0) is 12.8 Å². The van der Waals surface area contributed by atoms with Gasteiger partial charge in [-0.05, 0) is 71.8 Å². The van der Waals surface area contributed by atoms with Crippen LogP contribution in [-0.4, -0.2) is 6.18 Å². The second kappa shape index (κ2) is 12.5. The molecule has 0 aliphatic rings. The molecule has 0 nitrogen and oxygen atoms in total. The molecular weight excluding hydrogens is 484 g/mol. The number of fused-ring (bicyclic) bond motifs is 1. The molecule has 0 radical (unpaired) electrons. The van der Waals surface area contributed by atoms with Gasteiger partial charge in [-0.2, -0.15) is 13.2 Å². The number of hydrogen-bond donors (Lipinski definition) is 0. The van der Waals surface area contributed by atoms with E-state index < -0.39 is 18.4 Å². The fraction of sp³-hybridized carbons (Fsp3) is 0.235. The van der Waals surface area contributed by atoms with Crippen molar-refractivity contribution in [3.05, 3.63) is 118 Å². The second-order valence-electron chi connectivity index (χ2n) is 9.36. The minimum atomic E-state index is -4.26. The Labute approximate surface area is 221 Å². The minimum Gasteiger partial charge on any atom is -0.205 e. The monoisotopic (exact) mass is 512 g/mol. The molecule has 0 amide bonds. The Morgan fingerprint density at radius 1 is 0.632 bits per heavy atom. The fourth-order valence-corrected chi connectivity index (χ4v) is 4.20. The molecule has 4 aromatic carbocycles. The Morgan fingerprint density at radius 2 is 1.24 bits per heavy atom. The molecule has 0 fully saturated rings. The highest BCUT2D eigenvalue weighted by Crippen LogP contribution is 2.23. The van der Waals surface area contributed by atoms with Gasteiger partial charge in [-0.3, -0.25) is 0 Å². The van der Waals surface area contributed by atoms with Gasteiger partial charge >= 0.3 is 6.18 Å². The average molecular weight is 513 g/mol. The summed E-state index contributed by atoms with van der Waals surface area (Å²) in [6.45, 7) is 2.21. The molecule has 0 heterocycles. The highest BCUT2D eigenvalue weighted by atomic mass is 19.4. The zero-order chi connectivity index (χ0) is 27.0. The summed E-state index contributed by atoms with van der Waals surface area (Å²) in [6, 6.07) is 22.9. The number of benzene rings is 4. The van der Waals surface area contributed by atoms with Crippen LogP contribution < -0.4 is 0 Å². The number of alkyl halides is 3. The van der Waals surface area contributed by atoms with E-state index in [1.807, 2.05) is 18.2 Å². The first-order valence-electron chi connectivity index (χ1n) is 12.8. The Hall–Kier alpha value is -4.02. The molecule has 0 N–H and O–H groups in total. The lowest BCUT2D eigenvalue weighted by Gasteiger charge is -2.05. The molecule has 4 aromatic rings. The normalized spacial score (nSPS) is 11.0. The van der Waals surface area contributed by atoms with Crippen molar-refractivity contribution in [1.82, 2.24) is 0 Å². The summed E-state index contributed by atoms with van der Waals surface area (Å²) in [6.07, 6.45) is 0.821. The van der Waals surface area contributed by atoms with Gasteiger partial charge < -0.3 is 0 Å². The van der Waals surface area contributed by atoms with E-state index in [0.29, 0.717) is 10.9 Å². The van der Waals surface area contributed by atoms with E-state index in [1.54, 1.807) is 24.3 Å². The molecule has 38 heavy (non-hydrogen) atoms. The van der Waals surface area contributed by atoms with Crippen LogP contribution in [0.1, 0.15) is 66.0 Å². The van der Waals surface area contributed by atoms with E-state index >= 15 is 4.39 Å². The van der Waals surface area contributed by atoms with Crippen molar-refractivity contribution in [1.29, 1.82) is 0 Å². The van der Waals surface area contributed by atoms with E-state index in [2.05, 4.69) is 42.7 Å². The van der Waals surface area contributed by atoms with Crippen molar-refractivity contribution in [2.45, 2.75) is 51.6 Å². The van der Waals surface area contributed by atoms with Gasteiger partial charge in [0.15, 0.2) is 0 Å². The molecule has 0 bridgehead atoms. The second-order valence-corrected chi connectivity index (χ2v) is 9.36. The number of unbranched alkanes of at least 4 members (excludes halogenated alkanes) is 3. The smallest absolute Gasteiger partial charge is 0.205 e. The molecule has 0 aromatic heterocycles. The predicted octanol–water partition coefficient (Wildman–Crippen LogP) is 9.01. The van der Waals surface area contributed by atoms with Gasteiger partial charge in [-0.15, -0.1) is 0 Å². The number of hydrogen-bond acceptors (Lipinski definition) is 0. The lowest BCUT2D eigenvalue weighted by atomic mass is 10.0. The van der Waals surface area contributed by atoms with Gasteiger partial charge in [0.1, 0.15) is 5.82 Å². The third-order valence-electron chi connectivity index (χ3n) is 6.28. The highest BCUT2D eigenvalue weighted by molar-refractivity contribution is 5.86. The van der Waals surface area contributed by atoms with Crippen LogP contribution in [0, 0.1) is 29.5 Å². The molecule has 4 rings (SSSR count). The fourth-order valence-electron chi connectivity index (χ4n) is 4.20. The summed E-state index contributed by atoms with van der Waals surface area (Å²) >= 11 is 0. The molecule has 4 heteroatoms. The van der Waals surface area contributed by atoms with Gasteiger partial charge in [0.25, 0.3) is 0 Å². The number of rotatable bonds is 6. The van der Waals surface area contributed by atoms with E-state index in [-0.39, 0.29) is 11.1 Å². The summed E-state index contributed by atoms with van der Waals surface area (Å²) in [4.78, 5) is 0. The van der Waals surface area contributed by atoms with E-state index in [0.717, 1.165) is 22.9 Å². The number of halogens is 4. The van der Waals surface area contributed by atoms with Crippen molar-refractivity contribution in [3.63, 3.8) is 0 Å². The van der Waals surface area contributed by atoms with E-state index in [9.17, 15) is 13.2 Å². The van der Waals surface area contributed by atoms with Gasteiger partial charge in [-0.25, -0.2) is 4.39 Å². The van der Waals surface area contributed by atoms with Crippen LogP contribution >= 0.6 is 0 Å². The maximum absolute atomic E-state index is 15.1. The van der Waals surface area contributed by atoms with Crippen molar-refractivity contribution in [2.75, 3.05) is 0 Å². The first-order chi connectivity index (χ1) is 18.3. The maximum atomic E-state index is 15.1. The molecule has 0 saturated carbocycles. The van der Waals surface area contributed by atoms with Gasteiger partial charge in [0.2, 0.25) is 0 Å². The summed E-state index contributed by atoms with van der Waals surface area (Å²) in [5, 5.41) is 1.16. The molecule has 0 spiro atoms. The maximum Gasteiger partial charge on any atom is 0.393 e. The van der Waals surface area contributed by atoms with Crippen molar-refractivity contribution >= 4 is 10.8 Å². The highest BCUT2D eigenvalue weighted by Gasteiger charge is 2.27. The molecule has 192 valence electrons. The van der Waals surface area contributed by atoms with Crippen LogP contribution in [0.4, 0.5) is 17.6 Å². The Morgan fingerprint density at radius 3 is 1.89 bits per heavy atom. The lowest BCUT2D eigenvalue weighted by molar-refractivity contribution is -0.127. The third-order valence-corrected chi connectivity index (χ3v) is 6.28. The van der Waals surface area contributed by atoms with Crippen LogP contribution in [0.5, 0.6) is 0 Å².